The van der Waals surface area contributed by atoms with Crippen LogP contribution in [0.25, 0.3) is 104 Å². The van der Waals surface area contributed by atoms with Crippen molar-refractivity contribution in [1.82, 2.24) is 19.5 Å². The fraction of sp³-hybridized carbons (Fsp3) is 0. The van der Waals surface area contributed by atoms with E-state index in [1.165, 1.54) is 42.0 Å². The summed E-state index contributed by atoms with van der Waals surface area (Å²) < 4.78 is 11.3. The fourth-order valence-electron chi connectivity index (χ4n) is 7.58. The summed E-state index contributed by atoms with van der Waals surface area (Å²) in [5.74, 6) is 1.80. The summed E-state index contributed by atoms with van der Waals surface area (Å²) in [7, 11) is 0. The van der Waals surface area contributed by atoms with Gasteiger partial charge < -0.3 is 8.98 Å². The molecule has 0 spiro atoms. The zero-order valence-corrected chi connectivity index (χ0v) is 27.9. The number of furan rings is 1. The third-order valence-electron chi connectivity index (χ3n) is 9.86. The molecule has 7 aromatic carbocycles. The molecular formula is C45H26N4OS. The van der Waals surface area contributed by atoms with E-state index in [0.717, 1.165) is 44.3 Å². The Morgan fingerprint density at radius 1 is 0.451 bits per heavy atom. The number of thiophene rings is 1. The maximum absolute atomic E-state index is 6.43. The highest BCUT2D eigenvalue weighted by Gasteiger charge is 2.20. The van der Waals surface area contributed by atoms with Crippen LogP contribution in [0.3, 0.4) is 0 Å². The number of nitrogens with zero attached hydrogens (tertiary/aromatic N) is 4. The van der Waals surface area contributed by atoms with Gasteiger partial charge in [-0.05, 0) is 54.6 Å². The van der Waals surface area contributed by atoms with Crippen LogP contribution < -0.4 is 0 Å². The Morgan fingerprint density at radius 2 is 1.10 bits per heavy atom. The maximum Gasteiger partial charge on any atom is 0.167 e. The normalized spacial score (nSPS) is 11.9. The lowest BCUT2D eigenvalue weighted by Crippen LogP contribution is -2.00. The number of hydrogen-bond acceptors (Lipinski definition) is 5. The first-order valence-electron chi connectivity index (χ1n) is 16.9. The molecule has 4 heterocycles. The van der Waals surface area contributed by atoms with E-state index in [1.807, 2.05) is 72.0 Å². The first kappa shape index (κ1) is 28.2. The number of benzene rings is 7. The molecule has 0 amide bonds. The number of hydrogen-bond donors (Lipinski definition) is 0. The predicted octanol–water partition coefficient (Wildman–Crippen LogP) is 12.2. The highest BCUT2D eigenvalue weighted by Crippen LogP contribution is 2.42. The van der Waals surface area contributed by atoms with Crippen molar-refractivity contribution in [3.8, 4) is 39.9 Å². The predicted molar refractivity (Wildman–Crippen MR) is 211 cm³/mol. The Kier molecular flexibility index (Phi) is 6.05. The molecule has 11 rings (SSSR count). The van der Waals surface area contributed by atoms with Gasteiger partial charge in [0.15, 0.2) is 17.5 Å². The van der Waals surface area contributed by atoms with Crippen molar-refractivity contribution in [1.29, 1.82) is 0 Å². The largest absolute Gasteiger partial charge is 0.455 e. The van der Waals surface area contributed by atoms with E-state index in [4.69, 9.17) is 19.4 Å². The van der Waals surface area contributed by atoms with Crippen molar-refractivity contribution < 1.29 is 4.42 Å². The Morgan fingerprint density at radius 3 is 1.90 bits per heavy atom. The van der Waals surface area contributed by atoms with Crippen molar-refractivity contribution in [2.24, 2.45) is 0 Å². The average Bonchev–Trinajstić information content (AvgIpc) is 3.87. The molecule has 0 fully saturated rings. The van der Waals surface area contributed by atoms with Gasteiger partial charge in [0.1, 0.15) is 11.2 Å². The summed E-state index contributed by atoms with van der Waals surface area (Å²) in [5.41, 5.74) is 7.83. The third kappa shape index (κ3) is 4.30. The number of rotatable bonds is 4. The second-order valence-electron chi connectivity index (χ2n) is 12.8. The summed E-state index contributed by atoms with van der Waals surface area (Å²) >= 11 is 1.81. The lowest BCUT2D eigenvalue weighted by atomic mass is 10.1. The molecule has 0 saturated heterocycles. The Balaban J connectivity index is 1.16. The number of aromatic nitrogens is 4. The SMILES string of the molecule is c1ccc(-c2nc(-c3ccc4sc5cccc(-n6c7ccccc7c7ccccc76)c5c4c3)nc(-c3cccc4c3oc3ccccc34)n2)cc1. The fourth-order valence-corrected chi connectivity index (χ4v) is 8.69. The van der Waals surface area contributed by atoms with Crippen LogP contribution in [-0.4, -0.2) is 19.5 Å². The van der Waals surface area contributed by atoms with Crippen LogP contribution in [0.5, 0.6) is 0 Å². The van der Waals surface area contributed by atoms with E-state index in [-0.39, 0.29) is 0 Å². The lowest BCUT2D eigenvalue weighted by molar-refractivity contribution is 0.669. The second kappa shape index (κ2) is 10.9. The molecule has 0 saturated carbocycles. The van der Waals surface area contributed by atoms with Gasteiger partial charge in [-0.15, -0.1) is 11.3 Å². The number of para-hydroxylation sites is 4. The molecule has 6 heteroatoms. The molecule has 0 N–H and O–H groups in total. The molecule has 0 aliphatic heterocycles. The summed E-state index contributed by atoms with van der Waals surface area (Å²) in [5, 5.41) is 6.99. The number of fused-ring (bicyclic) bond motifs is 9. The van der Waals surface area contributed by atoms with Gasteiger partial charge in [0, 0.05) is 52.8 Å². The topological polar surface area (TPSA) is 56.7 Å². The Labute approximate surface area is 295 Å². The van der Waals surface area contributed by atoms with Crippen LogP contribution in [0.2, 0.25) is 0 Å². The van der Waals surface area contributed by atoms with E-state index in [2.05, 4.69) is 102 Å². The van der Waals surface area contributed by atoms with Crippen LogP contribution in [-0.2, 0) is 0 Å². The minimum absolute atomic E-state index is 0.574. The van der Waals surface area contributed by atoms with Gasteiger partial charge in [0.2, 0.25) is 0 Å². The van der Waals surface area contributed by atoms with Crippen LogP contribution in [0.15, 0.2) is 162 Å². The van der Waals surface area contributed by atoms with E-state index < -0.39 is 0 Å². The highest BCUT2D eigenvalue weighted by molar-refractivity contribution is 7.25. The van der Waals surface area contributed by atoms with Gasteiger partial charge >= 0.3 is 0 Å². The third-order valence-corrected chi connectivity index (χ3v) is 11.0. The molecule has 0 atom stereocenters. The molecule has 0 bridgehead atoms. The van der Waals surface area contributed by atoms with Crippen molar-refractivity contribution in [2.45, 2.75) is 0 Å². The minimum atomic E-state index is 0.574. The molecule has 0 aliphatic rings. The maximum atomic E-state index is 6.43. The summed E-state index contributed by atoms with van der Waals surface area (Å²) in [6.07, 6.45) is 0. The van der Waals surface area contributed by atoms with Crippen LogP contribution in [0.1, 0.15) is 0 Å². The summed E-state index contributed by atoms with van der Waals surface area (Å²) in [6.45, 7) is 0. The first-order valence-corrected chi connectivity index (χ1v) is 17.8. The molecule has 0 aliphatic carbocycles. The lowest BCUT2D eigenvalue weighted by Gasteiger charge is -2.11. The van der Waals surface area contributed by atoms with Gasteiger partial charge in [-0.25, -0.2) is 15.0 Å². The van der Waals surface area contributed by atoms with Crippen molar-refractivity contribution >= 4 is 75.3 Å². The summed E-state index contributed by atoms with van der Waals surface area (Å²) in [6, 6.07) is 55.0. The quantitative estimate of drug-likeness (QED) is 0.187. The van der Waals surface area contributed by atoms with Gasteiger partial charge in [-0.1, -0.05) is 103 Å². The molecule has 4 aromatic heterocycles. The van der Waals surface area contributed by atoms with E-state index in [9.17, 15) is 0 Å². The standard InChI is InChI=1S/C45H26N4OS/c1-2-12-27(13-3-1)43-46-44(48-45(47-43)33-18-10-17-32-31-16-6-9-22-38(31)50-42(32)33)28-24-25-39-34(26-28)41-37(21-11-23-40(41)51-39)49-35-19-7-4-14-29(35)30-15-5-8-20-36(30)49/h1-26H. The average molecular weight is 671 g/mol. The van der Waals surface area contributed by atoms with Crippen LogP contribution in [0.4, 0.5) is 0 Å². The van der Waals surface area contributed by atoms with E-state index in [0.29, 0.717) is 17.5 Å². The Bertz CT molecular complexity index is 3100. The van der Waals surface area contributed by atoms with Crippen molar-refractivity contribution in [3.63, 3.8) is 0 Å². The van der Waals surface area contributed by atoms with E-state index in [1.54, 1.807) is 0 Å². The van der Waals surface area contributed by atoms with Crippen molar-refractivity contribution in [2.75, 3.05) is 0 Å². The van der Waals surface area contributed by atoms with Gasteiger partial charge in [-0.2, -0.15) is 0 Å². The molecule has 0 radical (unpaired) electrons. The molecular weight excluding hydrogens is 645 g/mol. The zero-order chi connectivity index (χ0) is 33.5. The zero-order valence-electron chi connectivity index (χ0n) is 27.1. The molecule has 238 valence electrons. The van der Waals surface area contributed by atoms with E-state index >= 15 is 0 Å². The van der Waals surface area contributed by atoms with Crippen LogP contribution in [0, 0.1) is 0 Å². The first-order chi connectivity index (χ1) is 25.3. The highest BCUT2D eigenvalue weighted by atomic mass is 32.1. The molecule has 51 heavy (non-hydrogen) atoms. The van der Waals surface area contributed by atoms with Gasteiger partial charge in [-0.3, -0.25) is 0 Å². The minimum Gasteiger partial charge on any atom is -0.455 e. The smallest absolute Gasteiger partial charge is 0.167 e. The monoisotopic (exact) mass is 670 g/mol. The molecule has 0 unspecified atom stereocenters. The molecule has 5 nitrogen and oxygen atoms in total. The van der Waals surface area contributed by atoms with Crippen molar-refractivity contribution in [3.05, 3.63) is 158 Å². The Hall–Kier alpha value is -6.63. The van der Waals surface area contributed by atoms with Crippen LogP contribution >= 0.6 is 11.3 Å². The summed E-state index contributed by atoms with van der Waals surface area (Å²) in [4.78, 5) is 15.3. The second-order valence-corrected chi connectivity index (χ2v) is 13.9. The van der Waals surface area contributed by atoms with Gasteiger partial charge in [0.25, 0.3) is 0 Å². The van der Waals surface area contributed by atoms with Gasteiger partial charge in [0.05, 0.1) is 22.3 Å². The molecule has 11 aromatic rings.